The van der Waals surface area contributed by atoms with Crippen molar-refractivity contribution >= 4 is 40.1 Å². The average Bonchev–Trinajstić information content (AvgIpc) is 2.42. The highest BCUT2D eigenvalue weighted by Crippen LogP contribution is 2.29. The van der Waals surface area contributed by atoms with Crippen LogP contribution < -0.4 is 0 Å². The van der Waals surface area contributed by atoms with Crippen molar-refractivity contribution in [1.82, 2.24) is 0 Å². The van der Waals surface area contributed by atoms with Crippen LogP contribution in [0.1, 0.15) is 16.7 Å². The zero-order chi connectivity index (χ0) is 13.8. The van der Waals surface area contributed by atoms with E-state index in [9.17, 15) is 4.79 Å². The first kappa shape index (κ1) is 13.9. The Morgan fingerprint density at radius 2 is 1.47 bits per heavy atom. The van der Waals surface area contributed by atoms with Gasteiger partial charge in [-0.05, 0) is 30.2 Å². The van der Waals surface area contributed by atoms with Crippen molar-refractivity contribution in [1.29, 1.82) is 0 Å². The second-order valence-corrected chi connectivity index (χ2v) is 5.03. The molecule has 0 aliphatic rings. The summed E-state index contributed by atoms with van der Waals surface area (Å²) in [5.41, 5.74) is 3.19. The van der Waals surface area contributed by atoms with Crippen LogP contribution in [0.2, 0.25) is 5.02 Å². The van der Waals surface area contributed by atoms with Gasteiger partial charge in [0.05, 0.1) is 5.03 Å². The van der Waals surface area contributed by atoms with Gasteiger partial charge in [-0.1, -0.05) is 65.2 Å². The number of aryl methyl sites for hydroxylation is 1. The Bertz CT molecular complexity index is 610. The summed E-state index contributed by atoms with van der Waals surface area (Å²) in [6.07, 6.45) is 0.779. The van der Waals surface area contributed by atoms with Gasteiger partial charge in [0.2, 0.25) is 0 Å². The number of carbonyl (C=O) groups excluding carboxylic acids is 1. The third kappa shape index (κ3) is 3.25. The zero-order valence-corrected chi connectivity index (χ0v) is 11.9. The summed E-state index contributed by atoms with van der Waals surface area (Å²) in [6.45, 7) is 1.99. The highest BCUT2D eigenvalue weighted by molar-refractivity contribution is 6.55. The lowest BCUT2D eigenvalue weighted by Crippen LogP contribution is -1.90. The number of rotatable bonds is 3. The van der Waals surface area contributed by atoms with Crippen LogP contribution in [0.5, 0.6) is 0 Å². The Morgan fingerprint density at radius 1 is 0.947 bits per heavy atom. The molecule has 0 aromatic heterocycles. The Labute approximate surface area is 122 Å². The van der Waals surface area contributed by atoms with Gasteiger partial charge in [-0.2, -0.15) is 0 Å². The lowest BCUT2D eigenvalue weighted by molar-refractivity contribution is -0.103. The van der Waals surface area contributed by atoms with Crippen molar-refractivity contribution in [2.45, 2.75) is 6.92 Å². The molecule has 96 valence electrons. The third-order valence-corrected chi connectivity index (χ3v) is 3.49. The molecule has 0 heterocycles. The maximum Gasteiger partial charge on any atom is 0.152 e. The van der Waals surface area contributed by atoms with E-state index in [1.165, 1.54) is 0 Å². The topological polar surface area (TPSA) is 17.1 Å². The molecule has 0 unspecified atom stereocenters. The second kappa shape index (κ2) is 6.05. The highest BCUT2D eigenvalue weighted by Gasteiger charge is 2.09. The van der Waals surface area contributed by atoms with Crippen LogP contribution >= 0.6 is 23.2 Å². The molecule has 1 nitrogen and oxygen atoms in total. The SMILES string of the molecule is Cc1ccc(/C(C=O)=C(/Cl)c2ccc(Cl)cc2)cc1. The van der Waals surface area contributed by atoms with E-state index < -0.39 is 0 Å². The number of aldehydes is 1. The molecule has 0 saturated heterocycles. The van der Waals surface area contributed by atoms with Gasteiger partial charge in [-0.3, -0.25) is 4.79 Å². The second-order valence-electron chi connectivity index (χ2n) is 4.22. The molecule has 19 heavy (non-hydrogen) atoms. The Balaban J connectivity index is 2.49. The summed E-state index contributed by atoms with van der Waals surface area (Å²) in [6, 6.07) is 14.8. The predicted octanol–water partition coefficient (Wildman–Crippen LogP) is 4.95. The van der Waals surface area contributed by atoms with E-state index in [4.69, 9.17) is 23.2 Å². The first-order chi connectivity index (χ1) is 9.11. The van der Waals surface area contributed by atoms with Crippen LogP contribution in [0.25, 0.3) is 10.6 Å². The Hall–Kier alpha value is -1.57. The van der Waals surface area contributed by atoms with Crippen molar-refractivity contribution in [3.8, 4) is 0 Å². The largest absolute Gasteiger partial charge is 0.298 e. The van der Waals surface area contributed by atoms with Crippen LogP contribution in [-0.2, 0) is 4.79 Å². The van der Waals surface area contributed by atoms with Crippen LogP contribution in [0, 0.1) is 6.92 Å². The Morgan fingerprint density at radius 3 is 2.00 bits per heavy atom. The number of allylic oxidation sites excluding steroid dienone is 1. The normalized spacial score (nSPS) is 11.9. The fraction of sp³-hybridized carbons (Fsp3) is 0.0625. The molecule has 0 fully saturated rings. The number of carbonyl (C=O) groups is 1. The molecule has 0 radical (unpaired) electrons. The summed E-state index contributed by atoms with van der Waals surface area (Å²) in [5.74, 6) is 0. The van der Waals surface area contributed by atoms with Gasteiger partial charge < -0.3 is 0 Å². The standard InChI is InChI=1S/C16H12Cl2O/c1-11-2-4-12(5-3-11)15(10-19)16(18)13-6-8-14(17)9-7-13/h2-10H,1H3/b16-15+. The van der Waals surface area contributed by atoms with E-state index >= 15 is 0 Å². The molecular formula is C16H12Cl2O. The van der Waals surface area contributed by atoms with E-state index in [0.717, 1.165) is 23.0 Å². The number of hydrogen-bond donors (Lipinski definition) is 0. The fourth-order valence-electron chi connectivity index (χ4n) is 1.73. The third-order valence-electron chi connectivity index (χ3n) is 2.81. The van der Waals surface area contributed by atoms with Crippen LogP contribution in [0.4, 0.5) is 0 Å². The van der Waals surface area contributed by atoms with Gasteiger partial charge in [0.15, 0.2) is 6.29 Å². The molecule has 3 heteroatoms. The van der Waals surface area contributed by atoms with Crippen LogP contribution in [-0.4, -0.2) is 6.29 Å². The van der Waals surface area contributed by atoms with Gasteiger partial charge in [-0.25, -0.2) is 0 Å². The zero-order valence-electron chi connectivity index (χ0n) is 10.4. The molecule has 2 aromatic carbocycles. The molecule has 0 aliphatic heterocycles. The van der Waals surface area contributed by atoms with E-state index in [0.29, 0.717) is 15.6 Å². The summed E-state index contributed by atoms with van der Waals surface area (Å²) < 4.78 is 0. The van der Waals surface area contributed by atoms with Crippen molar-refractivity contribution in [2.75, 3.05) is 0 Å². The van der Waals surface area contributed by atoms with Crippen molar-refractivity contribution in [2.24, 2.45) is 0 Å². The van der Waals surface area contributed by atoms with Crippen molar-refractivity contribution in [3.63, 3.8) is 0 Å². The quantitative estimate of drug-likeness (QED) is 0.444. The number of halogens is 2. The monoisotopic (exact) mass is 290 g/mol. The molecule has 0 atom stereocenters. The summed E-state index contributed by atoms with van der Waals surface area (Å²) in [7, 11) is 0. The van der Waals surface area contributed by atoms with E-state index in [1.54, 1.807) is 24.3 Å². The van der Waals surface area contributed by atoms with Crippen LogP contribution in [0.15, 0.2) is 48.5 Å². The maximum atomic E-state index is 11.3. The summed E-state index contributed by atoms with van der Waals surface area (Å²) >= 11 is 12.1. The number of benzene rings is 2. The fourth-order valence-corrected chi connectivity index (χ4v) is 2.14. The van der Waals surface area contributed by atoms with Crippen molar-refractivity contribution in [3.05, 3.63) is 70.2 Å². The van der Waals surface area contributed by atoms with E-state index in [-0.39, 0.29) is 0 Å². The first-order valence-electron chi connectivity index (χ1n) is 5.80. The van der Waals surface area contributed by atoms with E-state index in [2.05, 4.69) is 0 Å². The molecule has 0 N–H and O–H groups in total. The summed E-state index contributed by atoms with van der Waals surface area (Å²) in [4.78, 5) is 11.3. The lowest BCUT2D eigenvalue weighted by atomic mass is 10.0. The molecule has 0 spiro atoms. The maximum absolute atomic E-state index is 11.3. The van der Waals surface area contributed by atoms with Gasteiger partial charge in [0.1, 0.15) is 0 Å². The Kier molecular flexibility index (Phi) is 4.41. The molecule has 0 amide bonds. The smallest absolute Gasteiger partial charge is 0.152 e. The van der Waals surface area contributed by atoms with Gasteiger partial charge >= 0.3 is 0 Å². The van der Waals surface area contributed by atoms with Gasteiger partial charge in [0.25, 0.3) is 0 Å². The van der Waals surface area contributed by atoms with Crippen molar-refractivity contribution < 1.29 is 4.79 Å². The minimum absolute atomic E-state index is 0.426. The predicted molar refractivity (Wildman–Crippen MR) is 81.4 cm³/mol. The first-order valence-corrected chi connectivity index (χ1v) is 6.55. The average molecular weight is 291 g/mol. The molecule has 0 aliphatic carbocycles. The molecular weight excluding hydrogens is 279 g/mol. The molecule has 2 rings (SSSR count). The van der Waals surface area contributed by atoms with Gasteiger partial charge in [0, 0.05) is 10.6 Å². The molecule has 0 bridgehead atoms. The minimum atomic E-state index is 0.426. The van der Waals surface area contributed by atoms with E-state index in [1.807, 2.05) is 31.2 Å². The highest BCUT2D eigenvalue weighted by atomic mass is 35.5. The van der Waals surface area contributed by atoms with Gasteiger partial charge in [-0.15, -0.1) is 0 Å². The lowest BCUT2D eigenvalue weighted by Gasteiger charge is -2.06. The van der Waals surface area contributed by atoms with Crippen LogP contribution in [0.3, 0.4) is 0 Å². The number of hydrogen-bond acceptors (Lipinski definition) is 1. The molecule has 0 saturated carbocycles. The molecule has 2 aromatic rings. The summed E-state index contributed by atoms with van der Waals surface area (Å²) in [5, 5.41) is 1.06. The minimum Gasteiger partial charge on any atom is -0.298 e.